The van der Waals surface area contributed by atoms with Crippen LogP contribution in [0.5, 0.6) is 17.2 Å². The molecule has 6 nitrogen and oxygen atoms in total. The standard InChI is InChI=1S/C18H19IO6/c1-18-6-9-15(11(21-2)4-13-16(9)23-7-22-13)12-3-8(17(20)24-12)10(25-18)5-14(18)19/h4,8,10,12,14H,3,5-7H2,1-2H3/t8-,10-,12+,14+,18-/m0/s1. The van der Waals surface area contributed by atoms with Crippen LogP contribution in [0.4, 0.5) is 0 Å². The Morgan fingerprint density at radius 1 is 1.32 bits per heavy atom. The molecule has 5 rings (SSSR count). The molecule has 4 aliphatic heterocycles. The maximum absolute atomic E-state index is 12.5. The smallest absolute Gasteiger partial charge is 0.312 e. The Morgan fingerprint density at radius 2 is 2.16 bits per heavy atom. The van der Waals surface area contributed by atoms with Gasteiger partial charge in [0.1, 0.15) is 11.9 Å². The van der Waals surface area contributed by atoms with Gasteiger partial charge in [0, 0.05) is 34.0 Å². The second-order valence-electron chi connectivity index (χ2n) is 7.32. The van der Waals surface area contributed by atoms with E-state index in [1.165, 1.54) is 0 Å². The van der Waals surface area contributed by atoms with Gasteiger partial charge in [0.2, 0.25) is 6.79 Å². The summed E-state index contributed by atoms with van der Waals surface area (Å²) >= 11 is 2.44. The van der Waals surface area contributed by atoms with Gasteiger partial charge >= 0.3 is 5.97 Å². The van der Waals surface area contributed by atoms with Crippen LogP contribution in [-0.4, -0.2) is 35.5 Å². The van der Waals surface area contributed by atoms with E-state index >= 15 is 0 Å². The molecule has 7 heteroatoms. The second kappa shape index (κ2) is 5.39. The molecule has 2 saturated heterocycles. The van der Waals surface area contributed by atoms with Crippen molar-refractivity contribution in [2.75, 3.05) is 13.9 Å². The highest BCUT2D eigenvalue weighted by Crippen LogP contribution is 2.54. The first-order valence-corrected chi connectivity index (χ1v) is 9.76. The van der Waals surface area contributed by atoms with E-state index in [0.717, 1.165) is 23.3 Å². The van der Waals surface area contributed by atoms with Crippen molar-refractivity contribution in [1.82, 2.24) is 0 Å². The molecule has 5 atom stereocenters. The topological polar surface area (TPSA) is 63.2 Å². The molecule has 0 radical (unpaired) electrons. The zero-order chi connectivity index (χ0) is 17.3. The van der Waals surface area contributed by atoms with Crippen molar-refractivity contribution < 1.29 is 28.5 Å². The molecule has 1 aromatic carbocycles. The number of halogens is 1. The number of fused-ring (bicyclic) bond motifs is 9. The van der Waals surface area contributed by atoms with Crippen LogP contribution in [0.25, 0.3) is 0 Å². The third-order valence-electron chi connectivity index (χ3n) is 5.84. The summed E-state index contributed by atoms with van der Waals surface area (Å²) < 4.78 is 29.5. The van der Waals surface area contributed by atoms with Gasteiger partial charge in [-0.15, -0.1) is 0 Å². The van der Waals surface area contributed by atoms with E-state index < -0.39 is 0 Å². The Hall–Kier alpha value is -1.22. The van der Waals surface area contributed by atoms with E-state index in [9.17, 15) is 4.79 Å². The van der Waals surface area contributed by atoms with E-state index in [2.05, 4.69) is 29.5 Å². The average Bonchev–Trinajstić information content (AvgIpc) is 3.25. The molecule has 2 fully saturated rings. The third-order valence-corrected chi connectivity index (χ3v) is 7.66. The molecule has 0 unspecified atom stereocenters. The van der Waals surface area contributed by atoms with Gasteiger partial charge in [-0.2, -0.15) is 0 Å². The summed E-state index contributed by atoms with van der Waals surface area (Å²) in [7, 11) is 1.63. The lowest BCUT2D eigenvalue weighted by Crippen LogP contribution is -2.36. The summed E-state index contributed by atoms with van der Waals surface area (Å²) in [5.41, 5.74) is 1.53. The van der Waals surface area contributed by atoms with Crippen molar-refractivity contribution in [3.63, 3.8) is 0 Å². The Bertz CT molecular complexity index is 764. The van der Waals surface area contributed by atoms with E-state index in [0.29, 0.717) is 28.3 Å². The van der Waals surface area contributed by atoms with Gasteiger partial charge < -0.3 is 23.7 Å². The van der Waals surface area contributed by atoms with Crippen molar-refractivity contribution in [3.05, 3.63) is 17.2 Å². The van der Waals surface area contributed by atoms with Gasteiger partial charge in [0.25, 0.3) is 0 Å². The van der Waals surface area contributed by atoms with Crippen molar-refractivity contribution >= 4 is 28.6 Å². The Balaban J connectivity index is 1.75. The molecule has 134 valence electrons. The van der Waals surface area contributed by atoms with Crippen molar-refractivity contribution in [1.29, 1.82) is 0 Å². The van der Waals surface area contributed by atoms with Crippen LogP contribution in [0.2, 0.25) is 0 Å². The number of ether oxygens (including phenoxy) is 5. The lowest BCUT2D eigenvalue weighted by Gasteiger charge is -2.30. The van der Waals surface area contributed by atoms with Gasteiger partial charge in [-0.25, -0.2) is 0 Å². The van der Waals surface area contributed by atoms with E-state index in [4.69, 9.17) is 23.7 Å². The Kier molecular flexibility index (Phi) is 3.45. The predicted octanol–water partition coefficient (Wildman–Crippen LogP) is 2.94. The second-order valence-corrected chi connectivity index (χ2v) is 8.83. The van der Waals surface area contributed by atoms with Gasteiger partial charge in [0.05, 0.1) is 24.7 Å². The zero-order valence-corrected chi connectivity index (χ0v) is 16.2. The Morgan fingerprint density at radius 3 is 2.96 bits per heavy atom. The number of esters is 1. The van der Waals surface area contributed by atoms with Crippen LogP contribution in [0.15, 0.2) is 6.07 Å². The summed E-state index contributed by atoms with van der Waals surface area (Å²) in [6, 6.07) is 1.84. The molecule has 0 aliphatic carbocycles. The van der Waals surface area contributed by atoms with Gasteiger partial charge in [-0.3, -0.25) is 4.79 Å². The number of hydrogen-bond acceptors (Lipinski definition) is 6. The summed E-state index contributed by atoms with van der Waals surface area (Å²) in [6.07, 6.45) is 1.75. The molecule has 4 heterocycles. The number of carbonyl (C=O) groups excluding carboxylic acids is 1. The van der Waals surface area contributed by atoms with Gasteiger partial charge in [-0.05, 0) is 13.3 Å². The summed E-state index contributed by atoms with van der Waals surface area (Å²) in [5.74, 6) is 1.71. The van der Waals surface area contributed by atoms with Crippen molar-refractivity contribution in [2.24, 2.45) is 5.92 Å². The average molecular weight is 458 g/mol. The minimum absolute atomic E-state index is 0.0880. The summed E-state index contributed by atoms with van der Waals surface area (Å²) in [6.45, 7) is 2.32. The molecular weight excluding hydrogens is 439 g/mol. The number of carbonyl (C=O) groups is 1. The fraction of sp³-hybridized carbons (Fsp3) is 0.611. The lowest BCUT2D eigenvalue weighted by atomic mass is 9.84. The quantitative estimate of drug-likeness (QED) is 0.367. The summed E-state index contributed by atoms with van der Waals surface area (Å²) in [5, 5.41) is 0. The zero-order valence-electron chi connectivity index (χ0n) is 14.0. The van der Waals surface area contributed by atoms with Gasteiger partial charge in [-0.1, -0.05) is 22.6 Å². The molecule has 4 bridgehead atoms. The Labute approximate surface area is 159 Å². The molecule has 0 saturated carbocycles. The number of hydrogen-bond donors (Lipinski definition) is 0. The highest BCUT2D eigenvalue weighted by molar-refractivity contribution is 14.1. The van der Waals surface area contributed by atoms with Crippen molar-refractivity contribution in [2.45, 2.75) is 47.9 Å². The monoisotopic (exact) mass is 458 g/mol. The SMILES string of the molecule is COc1cc2c(c3c1[C@H]1C[C@H](C(=O)O1)[C@@H]1C[C@@H](I)[C@](C)(C3)O1)OCO2. The van der Waals surface area contributed by atoms with Gasteiger partial charge in [0.15, 0.2) is 11.5 Å². The first-order valence-electron chi connectivity index (χ1n) is 8.52. The van der Waals surface area contributed by atoms with Crippen LogP contribution in [0.3, 0.4) is 0 Å². The molecule has 0 spiro atoms. The molecule has 4 aliphatic rings. The maximum Gasteiger partial charge on any atom is 0.312 e. The van der Waals surface area contributed by atoms with E-state index in [1.807, 2.05) is 6.07 Å². The lowest BCUT2D eigenvalue weighted by molar-refractivity contribution is -0.149. The molecular formula is C18H19IO6. The largest absolute Gasteiger partial charge is 0.496 e. The first kappa shape index (κ1) is 16.0. The van der Waals surface area contributed by atoms with Crippen molar-refractivity contribution in [3.8, 4) is 17.2 Å². The number of rotatable bonds is 1. The normalized spacial score (nSPS) is 37.8. The predicted molar refractivity (Wildman–Crippen MR) is 95.5 cm³/mol. The first-order chi connectivity index (χ1) is 12.0. The number of alkyl halides is 1. The van der Waals surface area contributed by atoms with Crippen LogP contribution < -0.4 is 14.2 Å². The summed E-state index contributed by atoms with van der Waals surface area (Å²) in [4.78, 5) is 12.5. The molecule has 0 aromatic heterocycles. The van der Waals surface area contributed by atoms with Crippen LogP contribution in [0.1, 0.15) is 37.0 Å². The fourth-order valence-electron chi connectivity index (χ4n) is 4.55. The third kappa shape index (κ3) is 2.21. The number of methoxy groups -OCH3 is 1. The van der Waals surface area contributed by atoms with E-state index in [1.54, 1.807) is 7.11 Å². The van der Waals surface area contributed by atoms with Crippen LogP contribution in [-0.2, 0) is 20.7 Å². The molecule has 1 aromatic rings. The highest BCUT2D eigenvalue weighted by atomic mass is 127. The fourth-order valence-corrected chi connectivity index (χ4v) is 5.42. The minimum Gasteiger partial charge on any atom is -0.496 e. The van der Waals surface area contributed by atoms with Crippen LogP contribution >= 0.6 is 22.6 Å². The van der Waals surface area contributed by atoms with E-state index in [-0.39, 0.29) is 36.5 Å². The van der Waals surface area contributed by atoms with Crippen LogP contribution in [0, 0.1) is 5.92 Å². The molecule has 0 amide bonds. The molecule has 25 heavy (non-hydrogen) atoms. The highest BCUT2D eigenvalue weighted by Gasteiger charge is 2.54. The molecule has 0 N–H and O–H groups in total. The maximum atomic E-state index is 12.5. The minimum atomic E-state index is -0.364. The number of benzene rings is 1.